The highest BCUT2D eigenvalue weighted by atomic mass is 19.1. The minimum atomic E-state index is -0.403. The minimum Gasteiger partial charge on any atom is -0.409 e. The molecule has 0 saturated heterocycles. The van der Waals surface area contributed by atoms with E-state index in [9.17, 15) is 4.39 Å². The summed E-state index contributed by atoms with van der Waals surface area (Å²) in [6.07, 6.45) is 0. The molecule has 0 spiro atoms. The van der Waals surface area contributed by atoms with Crippen molar-refractivity contribution in [1.82, 2.24) is 5.32 Å². The summed E-state index contributed by atoms with van der Waals surface area (Å²) < 4.78 is 13.3. The molecule has 4 nitrogen and oxygen atoms in total. The molecule has 1 aromatic rings. The molecule has 0 atom stereocenters. The van der Waals surface area contributed by atoms with E-state index < -0.39 is 5.82 Å². The maximum absolute atomic E-state index is 13.3. The number of hydrogen-bond acceptors (Lipinski definition) is 3. The summed E-state index contributed by atoms with van der Waals surface area (Å²) in [5.74, 6) is -0.499. The SMILES string of the molecule is CC(C)(C)NCc1cc(F)cc(/C(N)=N/O)c1. The quantitative estimate of drug-likeness (QED) is 0.326. The van der Waals surface area contributed by atoms with E-state index in [0.29, 0.717) is 12.1 Å². The van der Waals surface area contributed by atoms with Crippen molar-refractivity contribution in [3.05, 3.63) is 35.1 Å². The molecule has 4 N–H and O–H groups in total. The fourth-order valence-electron chi connectivity index (χ4n) is 1.33. The van der Waals surface area contributed by atoms with E-state index in [1.165, 1.54) is 12.1 Å². The van der Waals surface area contributed by atoms with Crippen LogP contribution in [0.5, 0.6) is 0 Å². The largest absolute Gasteiger partial charge is 0.409 e. The molecule has 5 heteroatoms. The second-order valence-corrected chi connectivity index (χ2v) is 4.94. The number of nitrogens with two attached hydrogens (primary N) is 1. The molecule has 0 aliphatic rings. The lowest BCUT2D eigenvalue weighted by Gasteiger charge is -2.20. The van der Waals surface area contributed by atoms with Gasteiger partial charge in [0.25, 0.3) is 0 Å². The van der Waals surface area contributed by atoms with Gasteiger partial charge in [0, 0.05) is 17.6 Å². The van der Waals surface area contributed by atoms with Crippen LogP contribution in [0.4, 0.5) is 4.39 Å². The van der Waals surface area contributed by atoms with E-state index in [0.717, 1.165) is 5.56 Å². The molecule has 0 saturated carbocycles. The Kier molecular flexibility index (Phi) is 4.07. The molecule has 0 aliphatic heterocycles. The van der Waals surface area contributed by atoms with Crippen molar-refractivity contribution in [2.75, 3.05) is 0 Å². The lowest BCUT2D eigenvalue weighted by molar-refractivity contribution is 0.318. The van der Waals surface area contributed by atoms with Gasteiger partial charge in [0.1, 0.15) is 5.82 Å². The van der Waals surface area contributed by atoms with Crippen molar-refractivity contribution in [3.8, 4) is 0 Å². The van der Waals surface area contributed by atoms with E-state index in [2.05, 4.69) is 10.5 Å². The van der Waals surface area contributed by atoms with Crippen molar-refractivity contribution in [2.24, 2.45) is 10.9 Å². The molecule has 0 radical (unpaired) electrons. The molecule has 0 bridgehead atoms. The Balaban J connectivity index is 2.90. The van der Waals surface area contributed by atoms with Gasteiger partial charge in [-0.05, 0) is 44.5 Å². The Hall–Kier alpha value is -1.62. The van der Waals surface area contributed by atoms with Crippen LogP contribution in [-0.4, -0.2) is 16.6 Å². The zero-order chi connectivity index (χ0) is 13.1. The summed E-state index contributed by atoms with van der Waals surface area (Å²) >= 11 is 0. The lowest BCUT2D eigenvalue weighted by Crippen LogP contribution is -2.35. The Bertz CT molecular complexity index is 424. The standard InChI is InChI=1S/C12H18FN3O/c1-12(2,3)15-7-8-4-9(11(14)16-17)6-10(13)5-8/h4-6,15,17H,7H2,1-3H3,(H2,14,16). The molecule has 1 rings (SSSR count). The molecule has 0 aromatic heterocycles. The fraction of sp³-hybridized carbons (Fsp3) is 0.417. The van der Waals surface area contributed by atoms with Gasteiger partial charge in [0.2, 0.25) is 0 Å². The van der Waals surface area contributed by atoms with Crippen molar-refractivity contribution in [1.29, 1.82) is 0 Å². The van der Waals surface area contributed by atoms with E-state index >= 15 is 0 Å². The maximum Gasteiger partial charge on any atom is 0.170 e. The third-order valence-electron chi connectivity index (χ3n) is 2.18. The highest BCUT2D eigenvalue weighted by Gasteiger charge is 2.10. The van der Waals surface area contributed by atoms with Gasteiger partial charge in [-0.2, -0.15) is 0 Å². The van der Waals surface area contributed by atoms with Crippen molar-refractivity contribution in [3.63, 3.8) is 0 Å². The van der Waals surface area contributed by atoms with Crippen LogP contribution in [0.1, 0.15) is 31.9 Å². The summed E-state index contributed by atoms with van der Waals surface area (Å²) in [6.45, 7) is 6.59. The second-order valence-electron chi connectivity index (χ2n) is 4.94. The van der Waals surface area contributed by atoms with E-state index in [1.54, 1.807) is 6.07 Å². The summed E-state index contributed by atoms with van der Waals surface area (Å²) in [5.41, 5.74) is 6.50. The monoisotopic (exact) mass is 239 g/mol. The van der Waals surface area contributed by atoms with Crippen molar-refractivity contribution in [2.45, 2.75) is 32.9 Å². The number of nitrogens with one attached hydrogen (secondary N) is 1. The summed E-state index contributed by atoms with van der Waals surface area (Å²) in [7, 11) is 0. The number of rotatable bonds is 3. The van der Waals surface area contributed by atoms with Gasteiger partial charge >= 0.3 is 0 Å². The van der Waals surface area contributed by atoms with Crippen LogP contribution < -0.4 is 11.1 Å². The number of nitrogens with zero attached hydrogens (tertiary/aromatic N) is 1. The first kappa shape index (κ1) is 13.4. The van der Waals surface area contributed by atoms with Gasteiger partial charge in [-0.3, -0.25) is 0 Å². The average molecular weight is 239 g/mol. The molecule has 0 fully saturated rings. The Morgan fingerprint density at radius 3 is 2.59 bits per heavy atom. The fourth-order valence-corrected chi connectivity index (χ4v) is 1.33. The molecule has 0 amide bonds. The highest BCUT2D eigenvalue weighted by molar-refractivity contribution is 5.97. The summed E-state index contributed by atoms with van der Waals surface area (Å²) in [4.78, 5) is 0. The molecule has 0 heterocycles. The number of hydrogen-bond donors (Lipinski definition) is 3. The minimum absolute atomic E-state index is 0.0525. The predicted molar refractivity (Wildman–Crippen MR) is 65.5 cm³/mol. The first-order valence-electron chi connectivity index (χ1n) is 5.34. The Morgan fingerprint density at radius 1 is 1.41 bits per heavy atom. The Labute approximate surface area is 100 Å². The van der Waals surface area contributed by atoms with Crippen LogP contribution in [0, 0.1) is 5.82 Å². The first-order valence-corrected chi connectivity index (χ1v) is 5.34. The molecular weight excluding hydrogens is 221 g/mol. The molecule has 1 aromatic carbocycles. The second kappa shape index (κ2) is 5.14. The van der Waals surface area contributed by atoms with E-state index in [1.807, 2.05) is 20.8 Å². The normalized spacial score (nSPS) is 12.8. The van der Waals surface area contributed by atoms with Crippen LogP contribution >= 0.6 is 0 Å². The van der Waals surface area contributed by atoms with Gasteiger partial charge in [0.05, 0.1) is 0 Å². The third-order valence-corrected chi connectivity index (χ3v) is 2.18. The molecule has 0 unspecified atom stereocenters. The molecule has 0 aliphatic carbocycles. The summed E-state index contributed by atoms with van der Waals surface area (Å²) in [6, 6.07) is 4.35. The van der Waals surface area contributed by atoms with E-state index in [-0.39, 0.29) is 11.4 Å². The number of oxime groups is 1. The van der Waals surface area contributed by atoms with E-state index in [4.69, 9.17) is 10.9 Å². The van der Waals surface area contributed by atoms with Crippen LogP contribution in [0.15, 0.2) is 23.4 Å². The van der Waals surface area contributed by atoms with Crippen LogP contribution in [-0.2, 0) is 6.54 Å². The third kappa shape index (κ3) is 4.40. The van der Waals surface area contributed by atoms with Gasteiger partial charge in [-0.25, -0.2) is 4.39 Å². The molecule has 94 valence electrons. The number of amidine groups is 1. The van der Waals surface area contributed by atoms with Gasteiger partial charge in [-0.1, -0.05) is 5.16 Å². The number of benzene rings is 1. The smallest absolute Gasteiger partial charge is 0.170 e. The van der Waals surface area contributed by atoms with Crippen LogP contribution in [0.3, 0.4) is 0 Å². The van der Waals surface area contributed by atoms with Crippen molar-refractivity contribution >= 4 is 5.84 Å². The van der Waals surface area contributed by atoms with Gasteiger partial charge < -0.3 is 16.3 Å². The topological polar surface area (TPSA) is 70.6 Å². The maximum atomic E-state index is 13.3. The zero-order valence-corrected chi connectivity index (χ0v) is 10.3. The molecule has 17 heavy (non-hydrogen) atoms. The van der Waals surface area contributed by atoms with Crippen molar-refractivity contribution < 1.29 is 9.60 Å². The van der Waals surface area contributed by atoms with Crippen LogP contribution in [0.25, 0.3) is 0 Å². The zero-order valence-electron chi connectivity index (χ0n) is 10.3. The number of halogens is 1. The molecular formula is C12H18FN3O. The summed E-state index contributed by atoms with van der Waals surface area (Å²) in [5, 5.41) is 14.7. The average Bonchev–Trinajstić information content (AvgIpc) is 2.23. The first-order chi connectivity index (χ1) is 7.81. The van der Waals surface area contributed by atoms with Gasteiger partial charge in [0.15, 0.2) is 5.84 Å². The highest BCUT2D eigenvalue weighted by Crippen LogP contribution is 2.11. The Morgan fingerprint density at radius 2 is 2.06 bits per heavy atom. The van der Waals surface area contributed by atoms with Crippen LogP contribution in [0.2, 0.25) is 0 Å². The lowest BCUT2D eigenvalue weighted by atomic mass is 10.1. The van der Waals surface area contributed by atoms with Gasteiger partial charge in [-0.15, -0.1) is 0 Å². The predicted octanol–water partition coefficient (Wildman–Crippen LogP) is 1.81.